The second-order valence-corrected chi connectivity index (χ2v) is 5.74. The molecular weight excluding hydrogens is 222 g/mol. The highest BCUT2D eigenvalue weighted by Crippen LogP contribution is 2.28. The number of anilines is 2. The van der Waals surface area contributed by atoms with Crippen LogP contribution in [0.5, 0.6) is 0 Å². The Kier molecular flexibility index (Phi) is 3.81. The van der Waals surface area contributed by atoms with Crippen LogP contribution in [0.4, 0.5) is 11.4 Å². The lowest BCUT2D eigenvalue weighted by Gasteiger charge is -2.37. The van der Waals surface area contributed by atoms with Crippen LogP contribution in [0.1, 0.15) is 18.9 Å². The SMILES string of the molecule is Cc1ccc(N2CCC(N)C(C)C2)cc1N(C)C. The van der Waals surface area contributed by atoms with Gasteiger partial charge < -0.3 is 15.5 Å². The Labute approximate surface area is 111 Å². The molecule has 100 valence electrons. The lowest BCUT2D eigenvalue weighted by Crippen LogP contribution is -2.46. The maximum Gasteiger partial charge on any atom is 0.0411 e. The fourth-order valence-electron chi connectivity index (χ4n) is 2.67. The molecule has 3 nitrogen and oxygen atoms in total. The summed E-state index contributed by atoms with van der Waals surface area (Å²) in [5, 5.41) is 0. The number of piperidine rings is 1. The van der Waals surface area contributed by atoms with E-state index in [9.17, 15) is 0 Å². The van der Waals surface area contributed by atoms with E-state index < -0.39 is 0 Å². The minimum absolute atomic E-state index is 0.361. The van der Waals surface area contributed by atoms with E-state index >= 15 is 0 Å². The van der Waals surface area contributed by atoms with Gasteiger partial charge in [-0.1, -0.05) is 13.0 Å². The van der Waals surface area contributed by atoms with Crippen LogP contribution in [-0.2, 0) is 0 Å². The number of aryl methyl sites for hydroxylation is 1. The fraction of sp³-hybridized carbons (Fsp3) is 0.600. The zero-order chi connectivity index (χ0) is 13.3. The molecule has 0 radical (unpaired) electrons. The summed E-state index contributed by atoms with van der Waals surface area (Å²) in [6.07, 6.45) is 1.09. The van der Waals surface area contributed by atoms with Crippen molar-refractivity contribution in [1.29, 1.82) is 0 Å². The Hall–Kier alpha value is -1.22. The fourth-order valence-corrected chi connectivity index (χ4v) is 2.67. The van der Waals surface area contributed by atoms with Crippen LogP contribution in [0, 0.1) is 12.8 Å². The van der Waals surface area contributed by atoms with Crippen LogP contribution in [-0.4, -0.2) is 33.2 Å². The zero-order valence-electron chi connectivity index (χ0n) is 12.0. The maximum atomic E-state index is 6.09. The molecule has 0 spiro atoms. The number of hydrogen-bond donors (Lipinski definition) is 1. The van der Waals surface area contributed by atoms with Crippen molar-refractivity contribution in [2.45, 2.75) is 26.3 Å². The van der Waals surface area contributed by atoms with Crippen molar-refractivity contribution >= 4 is 11.4 Å². The molecule has 18 heavy (non-hydrogen) atoms. The third-order valence-corrected chi connectivity index (χ3v) is 4.01. The number of hydrogen-bond acceptors (Lipinski definition) is 3. The molecule has 1 aromatic carbocycles. The first-order chi connectivity index (χ1) is 8.49. The summed E-state index contributed by atoms with van der Waals surface area (Å²) < 4.78 is 0. The molecule has 0 aliphatic carbocycles. The minimum Gasteiger partial charge on any atom is -0.377 e. The van der Waals surface area contributed by atoms with Gasteiger partial charge in [0.1, 0.15) is 0 Å². The van der Waals surface area contributed by atoms with Crippen LogP contribution < -0.4 is 15.5 Å². The molecule has 0 saturated carbocycles. The van der Waals surface area contributed by atoms with Gasteiger partial charge >= 0.3 is 0 Å². The van der Waals surface area contributed by atoms with Crippen molar-refractivity contribution < 1.29 is 0 Å². The number of nitrogens with zero attached hydrogens (tertiary/aromatic N) is 2. The summed E-state index contributed by atoms with van der Waals surface area (Å²) in [6, 6.07) is 7.09. The number of nitrogens with two attached hydrogens (primary N) is 1. The average Bonchev–Trinajstić information content (AvgIpc) is 2.33. The molecular formula is C15H25N3. The minimum atomic E-state index is 0.361. The number of benzene rings is 1. The smallest absolute Gasteiger partial charge is 0.0411 e. The highest BCUT2D eigenvalue weighted by atomic mass is 15.2. The zero-order valence-corrected chi connectivity index (χ0v) is 12.0. The maximum absolute atomic E-state index is 6.09. The lowest BCUT2D eigenvalue weighted by molar-refractivity contribution is 0.383. The van der Waals surface area contributed by atoms with Crippen molar-refractivity contribution in [1.82, 2.24) is 0 Å². The largest absolute Gasteiger partial charge is 0.377 e. The first-order valence-electron chi connectivity index (χ1n) is 6.77. The summed E-state index contributed by atoms with van der Waals surface area (Å²) in [7, 11) is 4.20. The van der Waals surface area contributed by atoms with Crippen LogP contribution in [0.25, 0.3) is 0 Å². The van der Waals surface area contributed by atoms with Gasteiger partial charge in [0, 0.05) is 44.6 Å². The summed E-state index contributed by atoms with van der Waals surface area (Å²) in [4.78, 5) is 4.64. The number of rotatable bonds is 2. The molecule has 0 bridgehead atoms. The van der Waals surface area contributed by atoms with Gasteiger partial charge in [-0.15, -0.1) is 0 Å². The van der Waals surface area contributed by atoms with Crippen molar-refractivity contribution in [2.75, 3.05) is 37.0 Å². The molecule has 1 saturated heterocycles. The molecule has 2 N–H and O–H groups in total. The standard InChI is InChI=1S/C15H25N3/c1-11-5-6-13(9-15(11)17(3)4)18-8-7-14(16)12(2)10-18/h5-6,9,12,14H,7-8,10,16H2,1-4H3. The van der Waals surface area contributed by atoms with Crippen molar-refractivity contribution in [2.24, 2.45) is 11.7 Å². The highest BCUT2D eigenvalue weighted by molar-refractivity contribution is 5.63. The van der Waals surface area contributed by atoms with E-state index in [0.717, 1.165) is 19.5 Å². The molecule has 2 atom stereocenters. The van der Waals surface area contributed by atoms with Crippen LogP contribution >= 0.6 is 0 Å². The van der Waals surface area contributed by atoms with Gasteiger partial charge in [-0.05, 0) is 37.0 Å². The van der Waals surface area contributed by atoms with Gasteiger partial charge in [-0.2, -0.15) is 0 Å². The third-order valence-electron chi connectivity index (χ3n) is 4.01. The third kappa shape index (κ3) is 2.61. The topological polar surface area (TPSA) is 32.5 Å². The van der Waals surface area contributed by atoms with E-state index in [0.29, 0.717) is 12.0 Å². The Bertz CT molecular complexity index is 414. The van der Waals surface area contributed by atoms with Gasteiger partial charge in [-0.25, -0.2) is 0 Å². The molecule has 0 amide bonds. The highest BCUT2D eigenvalue weighted by Gasteiger charge is 2.23. The first-order valence-corrected chi connectivity index (χ1v) is 6.77. The Morgan fingerprint density at radius 2 is 2.06 bits per heavy atom. The molecule has 3 heteroatoms. The second kappa shape index (κ2) is 5.19. The van der Waals surface area contributed by atoms with E-state index in [1.807, 2.05) is 0 Å². The molecule has 1 aliphatic rings. The molecule has 2 unspecified atom stereocenters. The van der Waals surface area contributed by atoms with Gasteiger partial charge in [0.2, 0.25) is 0 Å². The van der Waals surface area contributed by atoms with E-state index in [-0.39, 0.29) is 0 Å². The predicted octanol–water partition coefficient (Wildman–Crippen LogP) is 2.23. The Morgan fingerprint density at radius 1 is 1.33 bits per heavy atom. The summed E-state index contributed by atoms with van der Waals surface area (Å²) in [5.41, 5.74) is 10.0. The van der Waals surface area contributed by atoms with E-state index in [1.165, 1.54) is 16.9 Å². The molecule has 1 aliphatic heterocycles. The lowest BCUT2D eigenvalue weighted by atomic mass is 9.94. The second-order valence-electron chi connectivity index (χ2n) is 5.74. The Morgan fingerprint density at radius 3 is 2.67 bits per heavy atom. The summed E-state index contributed by atoms with van der Waals surface area (Å²) in [5.74, 6) is 0.572. The molecule has 2 rings (SSSR count). The van der Waals surface area contributed by atoms with Gasteiger partial charge in [0.15, 0.2) is 0 Å². The van der Waals surface area contributed by atoms with Crippen LogP contribution in [0.15, 0.2) is 18.2 Å². The summed E-state index contributed by atoms with van der Waals surface area (Å²) in [6.45, 7) is 6.55. The van der Waals surface area contributed by atoms with Crippen molar-refractivity contribution in [3.05, 3.63) is 23.8 Å². The first kappa shape index (κ1) is 13.2. The Balaban J connectivity index is 2.21. The van der Waals surface area contributed by atoms with Gasteiger partial charge in [-0.3, -0.25) is 0 Å². The molecule has 0 aromatic heterocycles. The van der Waals surface area contributed by atoms with E-state index in [2.05, 4.69) is 55.9 Å². The average molecular weight is 247 g/mol. The normalized spacial score (nSPS) is 24.2. The van der Waals surface area contributed by atoms with Gasteiger partial charge in [0.25, 0.3) is 0 Å². The quantitative estimate of drug-likeness (QED) is 0.870. The van der Waals surface area contributed by atoms with E-state index in [1.54, 1.807) is 0 Å². The molecule has 1 fully saturated rings. The van der Waals surface area contributed by atoms with E-state index in [4.69, 9.17) is 5.73 Å². The van der Waals surface area contributed by atoms with Crippen LogP contribution in [0.2, 0.25) is 0 Å². The van der Waals surface area contributed by atoms with Crippen LogP contribution in [0.3, 0.4) is 0 Å². The summed E-state index contributed by atoms with van der Waals surface area (Å²) >= 11 is 0. The predicted molar refractivity (Wildman–Crippen MR) is 79.5 cm³/mol. The van der Waals surface area contributed by atoms with Gasteiger partial charge in [0.05, 0.1) is 0 Å². The molecule has 1 aromatic rings. The monoisotopic (exact) mass is 247 g/mol. The van der Waals surface area contributed by atoms with Crippen molar-refractivity contribution in [3.63, 3.8) is 0 Å². The molecule has 1 heterocycles. The van der Waals surface area contributed by atoms with Crippen molar-refractivity contribution in [3.8, 4) is 0 Å².